The van der Waals surface area contributed by atoms with Gasteiger partial charge in [0.15, 0.2) is 0 Å². The zero-order valence-electron chi connectivity index (χ0n) is 29.1. The highest BCUT2D eigenvalue weighted by Gasteiger charge is 2.15. The first kappa shape index (κ1) is 45.2. The van der Waals surface area contributed by atoms with Gasteiger partial charge < -0.3 is 61.6 Å². The molecule has 15 heteroatoms. The number of carbonyl (C=O) groups excluding carboxylic acids is 2. The highest BCUT2D eigenvalue weighted by Crippen LogP contribution is 2.06. The molecule has 0 spiro atoms. The van der Waals surface area contributed by atoms with Crippen molar-refractivity contribution in [2.45, 2.75) is 33.3 Å². The summed E-state index contributed by atoms with van der Waals surface area (Å²) in [5.74, 6) is -0.808. The fourth-order valence-corrected chi connectivity index (χ4v) is 3.04. The summed E-state index contributed by atoms with van der Waals surface area (Å²) in [6.45, 7) is 20.1. The summed E-state index contributed by atoms with van der Waals surface area (Å²) in [5, 5.41) is 0. The smallest absolute Gasteiger partial charge is 0.333 e. The van der Waals surface area contributed by atoms with Crippen molar-refractivity contribution in [3.05, 3.63) is 12.2 Å². The third-order valence-electron chi connectivity index (χ3n) is 5.17. The van der Waals surface area contributed by atoms with Gasteiger partial charge in [-0.2, -0.15) is 0 Å². The fraction of sp³-hybridized carbons (Fsp3) is 0.875. The maximum Gasteiger partial charge on any atom is 0.333 e. The molecule has 0 amide bonds. The van der Waals surface area contributed by atoms with Crippen molar-refractivity contribution in [3.8, 4) is 0 Å². The van der Waals surface area contributed by atoms with Crippen molar-refractivity contribution in [1.29, 1.82) is 0 Å². The number of hydrogen-bond acceptors (Lipinski definition) is 15. The third kappa shape index (κ3) is 38.6. The molecule has 0 radical (unpaired) electrons. The van der Waals surface area contributed by atoms with Gasteiger partial charge >= 0.3 is 11.9 Å². The molecule has 0 bridgehead atoms. The van der Waals surface area contributed by atoms with Crippen LogP contribution in [-0.4, -0.2) is 169 Å². The summed E-state index contributed by atoms with van der Waals surface area (Å²) < 4.78 is 69.5. The molecule has 278 valence electrons. The first-order chi connectivity index (χ1) is 22.7. The molecule has 0 aliphatic carbocycles. The molecule has 0 aromatic rings. The summed E-state index contributed by atoms with van der Waals surface area (Å²) in [6, 6.07) is 0. The number of ether oxygens (including phenoxy) is 13. The topological polar surface area (TPSA) is 154 Å². The van der Waals surface area contributed by atoms with E-state index in [4.69, 9.17) is 61.6 Å². The molecule has 0 aromatic carbocycles. The van der Waals surface area contributed by atoms with Crippen molar-refractivity contribution in [2.75, 3.05) is 152 Å². The van der Waals surface area contributed by atoms with E-state index in [0.717, 1.165) is 0 Å². The number of carbonyl (C=O) groups is 2. The predicted octanol–water partition coefficient (Wildman–Crippen LogP) is 1.63. The van der Waals surface area contributed by atoms with E-state index in [-0.39, 0.29) is 13.2 Å². The maximum atomic E-state index is 11.5. The Bertz CT molecular complexity index is 730. The second-order valence-electron chi connectivity index (χ2n) is 10.7. The molecule has 0 aromatic heterocycles. The molecule has 0 heterocycles. The Morgan fingerprint density at radius 3 is 0.894 bits per heavy atom. The minimum Gasteiger partial charge on any atom is -0.460 e. The molecular formula is C32H60O15. The van der Waals surface area contributed by atoms with Crippen LogP contribution in [0.1, 0.15) is 27.7 Å². The van der Waals surface area contributed by atoms with Crippen LogP contribution in [0.25, 0.3) is 0 Å². The lowest BCUT2D eigenvalue weighted by Crippen LogP contribution is -2.27. The van der Waals surface area contributed by atoms with Crippen LogP contribution in [0.3, 0.4) is 0 Å². The van der Waals surface area contributed by atoms with Crippen LogP contribution in [0.2, 0.25) is 0 Å². The quantitative estimate of drug-likeness (QED) is 0.0533. The minimum absolute atomic E-state index is 0.0876. The summed E-state index contributed by atoms with van der Waals surface area (Å²) in [4.78, 5) is 22.7. The average Bonchev–Trinajstić information content (AvgIpc) is 3.01. The molecule has 0 saturated carbocycles. The molecule has 0 aliphatic heterocycles. The summed E-state index contributed by atoms with van der Waals surface area (Å²) >= 11 is 0. The largest absolute Gasteiger partial charge is 0.460 e. The molecule has 0 unspecified atom stereocenters. The number of rotatable bonds is 36. The van der Waals surface area contributed by atoms with E-state index in [1.165, 1.54) is 0 Å². The van der Waals surface area contributed by atoms with Crippen molar-refractivity contribution >= 4 is 11.9 Å². The first-order valence-electron chi connectivity index (χ1n) is 16.1. The second-order valence-corrected chi connectivity index (χ2v) is 10.7. The number of hydrogen-bond donors (Lipinski definition) is 0. The molecule has 0 rings (SSSR count). The van der Waals surface area contributed by atoms with E-state index in [2.05, 4.69) is 6.58 Å². The monoisotopic (exact) mass is 684 g/mol. The van der Waals surface area contributed by atoms with Crippen molar-refractivity contribution < 1.29 is 71.2 Å². The van der Waals surface area contributed by atoms with Gasteiger partial charge in [-0.25, -0.2) is 9.59 Å². The predicted molar refractivity (Wildman–Crippen MR) is 171 cm³/mol. The minimum atomic E-state index is -0.515. The fourth-order valence-electron chi connectivity index (χ4n) is 3.04. The van der Waals surface area contributed by atoms with Crippen LogP contribution in [-0.2, 0) is 71.2 Å². The van der Waals surface area contributed by atoms with Crippen LogP contribution in [0.5, 0.6) is 0 Å². The van der Waals surface area contributed by atoms with E-state index in [1.54, 1.807) is 6.92 Å². The number of esters is 2. The Labute approximate surface area is 280 Å². The van der Waals surface area contributed by atoms with Gasteiger partial charge in [-0.3, -0.25) is 0 Å². The standard InChI is InChI=1S/C32H60O15/c1-29(2)31(34)46-27-26-44-23-22-42-19-18-40-15-14-38-11-10-36-7-6-35-8-9-37-12-13-39-16-17-41-20-21-43-24-25-45-28-30(33)47-32(3,4)5/h1,6-28H2,2-5H3. The zero-order chi connectivity index (χ0) is 34.7. The van der Waals surface area contributed by atoms with Gasteiger partial charge in [0.25, 0.3) is 0 Å². The van der Waals surface area contributed by atoms with Crippen molar-refractivity contribution in [3.63, 3.8) is 0 Å². The highest BCUT2D eigenvalue weighted by atomic mass is 16.6. The first-order valence-corrected chi connectivity index (χ1v) is 16.1. The molecule has 0 atom stereocenters. The summed E-state index contributed by atoms with van der Waals surface area (Å²) in [5.41, 5.74) is -0.149. The van der Waals surface area contributed by atoms with E-state index < -0.39 is 17.5 Å². The molecule has 0 aliphatic rings. The van der Waals surface area contributed by atoms with Gasteiger partial charge in [-0.15, -0.1) is 0 Å². The van der Waals surface area contributed by atoms with Gasteiger partial charge in [-0.05, 0) is 27.7 Å². The van der Waals surface area contributed by atoms with Crippen LogP contribution in [0, 0.1) is 0 Å². The van der Waals surface area contributed by atoms with Crippen LogP contribution in [0.4, 0.5) is 0 Å². The molecule has 0 fully saturated rings. The second kappa shape index (κ2) is 34.1. The molecule has 15 nitrogen and oxygen atoms in total. The summed E-state index contributed by atoms with van der Waals surface area (Å²) in [7, 11) is 0. The zero-order valence-corrected chi connectivity index (χ0v) is 29.1. The van der Waals surface area contributed by atoms with Crippen LogP contribution < -0.4 is 0 Å². The summed E-state index contributed by atoms with van der Waals surface area (Å²) in [6.07, 6.45) is 0. The lowest BCUT2D eigenvalue weighted by Gasteiger charge is -2.19. The molecular weight excluding hydrogens is 624 g/mol. The Morgan fingerprint density at radius 1 is 0.426 bits per heavy atom. The highest BCUT2D eigenvalue weighted by molar-refractivity contribution is 5.86. The SMILES string of the molecule is C=C(C)C(=O)OCCOCCOCCOCCOCCOCCOCCOCCOCCOCCOCCOCC(=O)OC(C)(C)C. The molecule has 47 heavy (non-hydrogen) atoms. The van der Waals surface area contributed by atoms with Crippen LogP contribution >= 0.6 is 0 Å². The van der Waals surface area contributed by atoms with Crippen LogP contribution in [0.15, 0.2) is 12.2 Å². The average molecular weight is 685 g/mol. The lowest BCUT2D eigenvalue weighted by atomic mass is 10.2. The van der Waals surface area contributed by atoms with E-state index in [9.17, 15) is 9.59 Å². The van der Waals surface area contributed by atoms with E-state index >= 15 is 0 Å². The van der Waals surface area contributed by atoms with Gasteiger partial charge in [0.05, 0.1) is 139 Å². The maximum absolute atomic E-state index is 11.5. The Hall–Kier alpha value is -1.76. The molecule has 0 N–H and O–H groups in total. The van der Waals surface area contributed by atoms with E-state index in [1.807, 2.05) is 20.8 Å². The van der Waals surface area contributed by atoms with Crippen molar-refractivity contribution in [1.82, 2.24) is 0 Å². The van der Waals surface area contributed by atoms with Gasteiger partial charge in [0, 0.05) is 5.57 Å². The Balaban J connectivity index is 3.12. The Kier molecular flexibility index (Phi) is 32.8. The normalized spacial score (nSPS) is 11.6. The van der Waals surface area contributed by atoms with Crippen molar-refractivity contribution in [2.24, 2.45) is 0 Å². The Morgan fingerprint density at radius 2 is 0.660 bits per heavy atom. The third-order valence-corrected chi connectivity index (χ3v) is 5.17. The lowest BCUT2D eigenvalue weighted by molar-refractivity contribution is -0.160. The molecule has 0 saturated heterocycles. The van der Waals surface area contributed by atoms with Gasteiger partial charge in [0.2, 0.25) is 0 Å². The van der Waals surface area contributed by atoms with Gasteiger partial charge in [0.1, 0.15) is 18.8 Å². The van der Waals surface area contributed by atoms with E-state index in [0.29, 0.717) is 144 Å². The van der Waals surface area contributed by atoms with Gasteiger partial charge in [-0.1, -0.05) is 6.58 Å².